The predicted molar refractivity (Wildman–Crippen MR) is 88.7 cm³/mol. The number of para-hydroxylation sites is 1. The van der Waals surface area contributed by atoms with Crippen LogP contribution in [0.4, 0.5) is 0 Å². The van der Waals surface area contributed by atoms with Gasteiger partial charge in [-0.15, -0.1) is 0 Å². The van der Waals surface area contributed by atoms with Gasteiger partial charge in [0.25, 0.3) is 5.91 Å². The molecule has 4 rings (SSSR count). The lowest BCUT2D eigenvalue weighted by Gasteiger charge is -2.17. The molecule has 1 amide bonds. The number of carbonyl (C=O) groups is 1. The standard InChI is InChI=1S/C18H16N4O2/c23-18(15-11-19-8-9-20-15)22-10-6-14(12-22)24-16-5-1-3-13-4-2-7-21-17(13)16/h1-5,7-9,11,14H,6,10,12H2/t14-/m0/s1. The van der Waals surface area contributed by atoms with Crippen LogP contribution in [0.15, 0.2) is 55.1 Å². The van der Waals surface area contributed by atoms with E-state index in [4.69, 9.17) is 4.74 Å². The minimum absolute atomic E-state index is 0.0433. The van der Waals surface area contributed by atoms with Crippen LogP contribution in [0.5, 0.6) is 5.75 Å². The van der Waals surface area contributed by atoms with Crippen LogP contribution < -0.4 is 4.74 Å². The van der Waals surface area contributed by atoms with E-state index in [1.165, 1.54) is 12.4 Å². The molecule has 1 aliphatic heterocycles. The molecule has 1 aliphatic rings. The summed E-state index contributed by atoms with van der Waals surface area (Å²) in [6, 6.07) is 9.80. The summed E-state index contributed by atoms with van der Waals surface area (Å²) >= 11 is 0. The number of likely N-dealkylation sites (tertiary alicyclic amines) is 1. The molecule has 0 bridgehead atoms. The zero-order valence-corrected chi connectivity index (χ0v) is 13.0. The third-order valence-corrected chi connectivity index (χ3v) is 4.10. The smallest absolute Gasteiger partial charge is 0.274 e. The maximum atomic E-state index is 12.4. The van der Waals surface area contributed by atoms with Crippen molar-refractivity contribution >= 4 is 16.8 Å². The van der Waals surface area contributed by atoms with Gasteiger partial charge in [0.2, 0.25) is 0 Å². The van der Waals surface area contributed by atoms with Gasteiger partial charge in [-0.05, 0) is 12.1 Å². The molecule has 1 aromatic carbocycles. The van der Waals surface area contributed by atoms with E-state index in [0.29, 0.717) is 18.8 Å². The summed E-state index contributed by atoms with van der Waals surface area (Å²) in [6.07, 6.45) is 7.08. The molecule has 0 radical (unpaired) electrons. The first kappa shape index (κ1) is 14.6. The topological polar surface area (TPSA) is 68.2 Å². The molecule has 3 heterocycles. The second-order valence-electron chi connectivity index (χ2n) is 5.70. The summed E-state index contributed by atoms with van der Waals surface area (Å²) in [5.41, 5.74) is 1.21. The van der Waals surface area contributed by atoms with Crippen LogP contribution in [0.1, 0.15) is 16.9 Å². The minimum atomic E-state index is -0.106. The largest absolute Gasteiger partial charge is 0.486 e. The predicted octanol–water partition coefficient (Wildman–Crippen LogP) is 2.32. The highest BCUT2D eigenvalue weighted by molar-refractivity contribution is 5.92. The maximum absolute atomic E-state index is 12.4. The SMILES string of the molecule is O=C(c1cnccn1)N1CC[C@H](Oc2cccc3cccnc23)C1. The summed E-state index contributed by atoms with van der Waals surface area (Å²) in [7, 11) is 0. The number of hydrogen-bond acceptors (Lipinski definition) is 5. The number of ether oxygens (including phenoxy) is 1. The van der Waals surface area contributed by atoms with E-state index in [-0.39, 0.29) is 12.0 Å². The Kier molecular flexibility index (Phi) is 3.78. The molecule has 24 heavy (non-hydrogen) atoms. The summed E-state index contributed by atoms with van der Waals surface area (Å²) < 4.78 is 6.11. The Morgan fingerprint density at radius 2 is 2.04 bits per heavy atom. The van der Waals surface area contributed by atoms with Crippen molar-refractivity contribution in [3.8, 4) is 5.75 Å². The number of fused-ring (bicyclic) bond motifs is 1. The van der Waals surface area contributed by atoms with Crippen molar-refractivity contribution in [3.05, 3.63) is 60.8 Å². The average Bonchev–Trinajstić information content (AvgIpc) is 3.11. The molecule has 1 fully saturated rings. The molecule has 0 saturated carbocycles. The molecule has 1 saturated heterocycles. The second kappa shape index (κ2) is 6.23. The van der Waals surface area contributed by atoms with Crippen LogP contribution in [0.3, 0.4) is 0 Å². The molecule has 0 spiro atoms. The van der Waals surface area contributed by atoms with Crippen LogP contribution >= 0.6 is 0 Å². The lowest BCUT2D eigenvalue weighted by molar-refractivity contribution is 0.0766. The van der Waals surface area contributed by atoms with Gasteiger partial charge in [0.05, 0.1) is 12.7 Å². The summed E-state index contributed by atoms with van der Waals surface area (Å²) in [5, 5.41) is 1.04. The van der Waals surface area contributed by atoms with E-state index in [0.717, 1.165) is 23.1 Å². The van der Waals surface area contributed by atoms with Gasteiger partial charge in [-0.2, -0.15) is 0 Å². The third-order valence-electron chi connectivity index (χ3n) is 4.10. The Morgan fingerprint density at radius 1 is 1.12 bits per heavy atom. The number of amides is 1. The minimum Gasteiger partial charge on any atom is -0.486 e. The first-order valence-electron chi connectivity index (χ1n) is 7.87. The first-order valence-corrected chi connectivity index (χ1v) is 7.87. The molecule has 2 aromatic heterocycles. The molecule has 120 valence electrons. The van der Waals surface area contributed by atoms with Crippen LogP contribution in [0.25, 0.3) is 10.9 Å². The summed E-state index contributed by atoms with van der Waals surface area (Å²) in [4.78, 5) is 26.6. The summed E-state index contributed by atoms with van der Waals surface area (Å²) in [6.45, 7) is 1.19. The van der Waals surface area contributed by atoms with Gasteiger partial charge in [0.15, 0.2) is 0 Å². The number of rotatable bonds is 3. The lowest BCUT2D eigenvalue weighted by atomic mass is 10.2. The van der Waals surface area contributed by atoms with E-state index >= 15 is 0 Å². The van der Waals surface area contributed by atoms with Gasteiger partial charge in [0.1, 0.15) is 23.1 Å². The number of carbonyl (C=O) groups excluding carboxylic acids is 1. The van der Waals surface area contributed by atoms with Gasteiger partial charge in [-0.1, -0.05) is 18.2 Å². The molecule has 6 nitrogen and oxygen atoms in total. The molecule has 0 unspecified atom stereocenters. The molecular weight excluding hydrogens is 304 g/mol. The zero-order valence-electron chi connectivity index (χ0n) is 13.0. The van der Waals surface area contributed by atoms with Crippen molar-refractivity contribution in [2.24, 2.45) is 0 Å². The van der Waals surface area contributed by atoms with Gasteiger partial charge in [-0.25, -0.2) is 4.98 Å². The zero-order chi connectivity index (χ0) is 16.4. The van der Waals surface area contributed by atoms with Crippen molar-refractivity contribution < 1.29 is 9.53 Å². The van der Waals surface area contributed by atoms with E-state index in [9.17, 15) is 4.79 Å². The lowest BCUT2D eigenvalue weighted by Crippen LogP contribution is -2.31. The van der Waals surface area contributed by atoms with Crippen LogP contribution in [0, 0.1) is 0 Å². The van der Waals surface area contributed by atoms with Gasteiger partial charge >= 0.3 is 0 Å². The average molecular weight is 320 g/mol. The van der Waals surface area contributed by atoms with Crippen LogP contribution in [0.2, 0.25) is 0 Å². The number of aromatic nitrogens is 3. The van der Waals surface area contributed by atoms with Crippen molar-refractivity contribution in [1.29, 1.82) is 0 Å². The Bertz CT molecular complexity index is 864. The number of hydrogen-bond donors (Lipinski definition) is 0. The fourth-order valence-electron chi connectivity index (χ4n) is 2.93. The van der Waals surface area contributed by atoms with E-state index in [2.05, 4.69) is 15.0 Å². The molecule has 6 heteroatoms. The van der Waals surface area contributed by atoms with E-state index < -0.39 is 0 Å². The highest BCUT2D eigenvalue weighted by Crippen LogP contribution is 2.26. The molecule has 0 aliphatic carbocycles. The second-order valence-corrected chi connectivity index (χ2v) is 5.70. The van der Waals surface area contributed by atoms with E-state index in [1.54, 1.807) is 17.3 Å². The Balaban J connectivity index is 1.48. The Hall–Kier alpha value is -3.02. The molecule has 0 N–H and O–H groups in total. The normalized spacial score (nSPS) is 17.2. The Morgan fingerprint density at radius 3 is 2.92 bits per heavy atom. The highest BCUT2D eigenvalue weighted by atomic mass is 16.5. The molecular formula is C18H16N4O2. The number of benzene rings is 1. The highest BCUT2D eigenvalue weighted by Gasteiger charge is 2.29. The fraction of sp³-hybridized carbons (Fsp3) is 0.222. The van der Waals surface area contributed by atoms with Crippen LogP contribution in [-0.2, 0) is 0 Å². The number of nitrogens with zero attached hydrogens (tertiary/aromatic N) is 4. The Labute approximate surface area is 139 Å². The summed E-state index contributed by atoms with van der Waals surface area (Å²) in [5.74, 6) is 0.650. The first-order chi connectivity index (χ1) is 11.8. The third kappa shape index (κ3) is 2.78. The van der Waals surface area contributed by atoms with Gasteiger partial charge in [-0.3, -0.25) is 14.8 Å². The van der Waals surface area contributed by atoms with Crippen molar-refractivity contribution in [3.63, 3.8) is 0 Å². The fourth-order valence-corrected chi connectivity index (χ4v) is 2.93. The van der Waals surface area contributed by atoms with E-state index in [1.807, 2.05) is 30.3 Å². The monoisotopic (exact) mass is 320 g/mol. The molecule has 3 aromatic rings. The van der Waals surface area contributed by atoms with Crippen molar-refractivity contribution in [1.82, 2.24) is 19.9 Å². The number of pyridine rings is 1. The van der Waals surface area contributed by atoms with Gasteiger partial charge < -0.3 is 9.64 Å². The van der Waals surface area contributed by atoms with Crippen molar-refractivity contribution in [2.75, 3.05) is 13.1 Å². The maximum Gasteiger partial charge on any atom is 0.274 e. The molecule has 1 atom stereocenters. The quantitative estimate of drug-likeness (QED) is 0.741. The van der Waals surface area contributed by atoms with Gasteiger partial charge in [0, 0.05) is 36.9 Å². The van der Waals surface area contributed by atoms with Crippen LogP contribution in [-0.4, -0.2) is 45.0 Å². The van der Waals surface area contributed by atoms with Crippen molar-refractivity contribution in [2.45, 2.75) is 12.5 Å².